The lowest BCUT2D eigenvalue weighted by atomic mass is 10.2. The van der Waals surface area contributed by atoms with Crippen LogP contribution in [0.4, 0.5) is 0 Å². The summed E-state index contributed by atoms with van der Waals surface area (Å²) in [5.74, 6) is 1.81. The van der Waals surface area contributed by atoms with Crippen LogP contribution in [0, 0.1) is 0 Å². The topological polar surface area (TPSA) is 43.6 Å². The van der Waals surface area contributed by atoms with Crippen molar-refractivity contribution >= 4 is 0 Å². The van der Waals surface area contributed by atoms with Crippen LogP contribution in [-0.2, 0) is 17.8 Å². The maximum Gasteiger partial charge on any atom is 0.119 e. The van der Waals surface area contributed by atoms with Crippen LogP contribution >= 0.6 is 0 Å². The molecule has 4 nitrogen and oxygen atoms in total. The van der Waals surface area contributed by atoms with Crippen molar-refractivity contribution < 1.29 is 13.9 Å². The van der Waals surface area contributed by atoms with Crippen molar-refractivity contribution in [1.82, 2.24) is 5.32 Å². The van der Waals surface area contributed by atoms with Crippen molar-refractivity contribution in [3.63, 3.8) is 0 Å². The maximum absolute atomic E-state index is 5.50. The lowest BCUT2D eigenvalue weighted by Crippen LogP contribution is -2.12. The summed E-state index contributed by atoms with van der Waals surface area (Å²) in [5.41, 5.74) is 1.21. The smallest absolute Gasteiger partial charge is 0.119 e. The number of hydrogen-bond acceptors (Lipinski definition) is 4. The predicted molar refractivity (Wildman–Crippen MR) is 73.1 cm³/mol. The molecule has 102 valence electrons. The van der Waals surface area contributed by atoms with Crippen LogP contribution in [0.2, 0.25) is 0 Å². The van der Waals surface area contributed by atoms with E-state index in [1.807, 2.05) is 24.3 Å². The van der Waals surface area contributed by atoms with E-state index in [2.05, 4.69) is 17.4 Å². The van der Waals surface area contributed by atoms with Crippen molar-refractivity contribution in [3.05, 3.63) is 54.0 Å². The fourth-order valence-corrected chi connectivity index (χ4v) is 1.69. The summed E-state index contributed by atoms with van der Waals surface area (Å²) in [6, 6.07) is 11.9. The first-order valence-electron chi connectivity index (χ1n) is 6.32. The molecule has 0 aliphatic carbocycles. The summed E-state index contributed by atoms with van der Waals surface area (Å²) in [5, 5.41) is 3.32. The number of ether oxygens (including phenoxy) is 2. The van der Waals surface area contributed by atoms with Crippen molar-refractivity contribution in [3.8, 4) is 5.75 Å². The van der Waals surface area contributed by atoms with Gasteiger partial charge in [0.15, 0.2) is 0 Å². The van der Waals surface area contributed by atoms with E-state index in [0.717, 1.165) is 24.6 Å². The Labute approximate surface area is 113 Å². The molecule has 0 atom stereocenters. The van der Waals surface area contributed by atoms with Crippen molar-refractivity contribution in [2.75, 3.05) is 20.3 Å². The molecule has 0 aliphatic heterocycles. The van der Waals surface area contributed by atoms with E-state index in [4.69, 9.17) is 13.9 Å². The zero-order valence-electron chi connectivity index (χ0n) is 11.1. The number of furan rings is 1. The van der Waals surface area contributed by atoms with Gasteiger partial charge in [0.05, 0.1) is 19.4 Å². The average Bonchev–Trinajstić information content (AvgIpc) is 2.94. The molecule has 1 N–H and O–H groups in total. The number of rotatable bonds is 8. The largest absolute Gasteiger partial charge is 0.491 e. The van der Waals surface area contributed by atoms with Crippen LogP contribution in [0.1, 0.15) is 11.3 Å². The normalized spacial score (nSPS) is 10.6. The zero-order valence-corrected chi connectivity index (χ0v) is 11.1. The molecule has 1 aromatic carbocycles. The highest BCUT2D eigenvalue weighted by molar-refractivity contribution is 5.27. The molecule has 0 unspecified atom stereocenters. The van der Waals surface area contributed by atoms with Gasteiger partial charge in [-0.05, 0) is 29.8 Å². The summed E-state index contributed by atoms with van der Waals surface area (Å²) < 4.78 is 15.7. The van der Waals surface area contributed by atoms with E-state index >= 15 is 0 Å². The van der Waals surface area contributed by atoms with Gasteiger partial charge in [0.1, 0.15) is 18.1 Å². The Morgan fingerprint density at radius 1 is 1.05 bits per heavy atom. The highest BCUT2D eigenvalue weighted by atomic mass is 16.5. The van der Waals surface area contributed by atoms with Crippen LogP contribution in [-0.4, -0.2) is 20.3 Å². The Morgan fingerprint density at radius 3 is 2.58 bits per heavy atom. The molecule has 19 heavy (non-hydrogen) atoms. The first kappa shape index (κ1) is 13.6. The molecule has 0 fully saturated rings. The average molecular weight is 261 g/mol. The molecule has 1 heterocycles. The third-order valence-electron chi connectivity index (χ3n) is 2.69. The van der Waals surface area contributed by atoms with Gasteiger partial charge in [-0.15, -0.1) is 0 Å². The molecule has 0 radical (unpaired) electrons. The summed E-state index contributed by atoms with van der Waals surface area (Å²) in [7, 11) is 1.66. The first-order valence-corrected chi connectivity index (χ1v) is 6.32. The lowest BCUT2D eigenvalue weighted by Gasteiger charge is -2.07. The summed E-state index contributed by atoms with van der Waals surface area (Å²) in [6.07, 6.45) is 1.68. The molecule has 2 rings (SSSR count). The van der Waals surface area contributed by atoms with Gasteiger partial charge >= 0.3 is 0 Å². The maximum atomic E-state index is 5.50. The Morgan fingerprint density at radius 2 is 1.89 bits per heavy atom. The monoisotopic (exact) mass is 261 g/mol. The van der Waals surface area contributed by atoms with E-state index in [-0.39, 0.29) is 0 Å². The van der Waals surface area contributed by atoms with Gasteiger partial charge in [-0.3, -0.25) is 0 Å². The minimum atomic E-state index is 0.576. The molecule has 4 heteroatoms. The molecular formula is C15H19NO3. The Balaban J connectivity index is 1.72. The molecular weight excluding hydrogens is 242 g/mol. The van der Waals surface area contributed by atoms with Crippen LogP contribution < -0.4 is 10.1 Å². The fraction of sp³-hybridized carbons (Fsp3) is 0.333. The molecule has 0 saturated carbocycles. The second-order valence-corrected chi connectivity index (χ2v) is 4.17. The van der Waals surface area contributed by atoms with Gasteiger partial charge in [0, 0.05) is 13.7 Å². The highest BCUT2D eigenvalue weighted by Crippen LogP contribution is 2.12. The van der Waals surface area contributed by atoms with Crippen molar-refractivity contribution in [2.45, 2.75) is 13.1 Å². The summed E-state index contributed by atoms with van der Waals surface area (Å²) in [6.45, 7) is 2.72. The Bertz CT molecular complexity index is 451. The van der Waals surface area contributed by atoms with E-state index in [1.165, 1.54) is 5.56 Å². The molecule has 0 bridgehead atoms. The predicted octanol–water partition coefficient (Wildman–Crippen LogP) is 2.59. The zero-order chi connectivity index (χ0) is 13.3. The van der Waals surface area contributed by atoms with E-state index < -0.39 is 0 Å². The number of methoxy groups -OCH3 is 1. The van der Waals surface area contributed by atoms with Gasteiger partial charge in [0.2, 0.25) is 0 Å². The minimum Gasteiger partial charge on any atom is -0.491 e. The third kappa shape index (κ3) is 4.77. The van der Waals surface area contributed by atoms with Gasteiger partial charge in [-0.2, -0.15) is 0 Å². The third-order valence-corrected chi connectivity index (χ3v) is 2.69. The summed E-state index contributed by atoms with van der Waals surface area (Å²) in [4.78, 5) is 0. The Kier molecular flexibility index (Phi) is 5.47. The molecule has 1 aromatic heterocycles. The Hall–Kier alpha value is -1.78. The summed E-state index contributed by atoms with van der Waals surface area (Å²) >= 11 is 0. The van der Waals surface area contributed by atoms with Gasteiger partial charge in [-0.25, -0.2) is 0 Å². The van der Waals surface area contributed by atoms with E-state index in [9.17, 15) is 0 Å². The van der Waals surface area contributed by atoms with Gasteiger partial charge < -0.3 is 19.2 Å². The minimum absolute atomic E-state index is 0.576. The highest BCUT2D eigenvalue weighted by Gasteiger charge is 1.97. The van der Waals surface area contributed by atoms with Crippen LogP contribution in [0.5, 0.6) is 5.75 Å². The molecule has 0 spiro atoms. The van der Waals surface area contributed by atoms with Crippen LogP contribution in [0.15, 0.2) is 47.1 Å². The molecule has 0 aliphatic rings. The van der Waals surface area contributed by atoms with E-state index in [0.29, 0.717) is 13.2 Å². The van der Waals surface area contributed by atoms with Crippen LogP contribution in [0.3, 0.4) is 0 Å². The van der Waals surface area contributed by atoms with Gasteiger partial charge in [0.25, 0.3) is 0 Å². The molecule has 0 saturated heterocycles. The first-order chi connectivity index (χ1) is 9.38. The lowest BCUT2D eigenvalue weighted by molar-refractivity contribution is 0.146. The van der Waals surface area contributed by atoms with E-state index in [1.54, 1.807) is 13.4 Å². The molecule has 2 aromatic rings. The second-order valence-electron chi connectivity index (χ2n) is 4.17. The number of benzene rings is 1. The number of nitrogens with one attached hydrogen (secondary N) is 1. The second kappa shape index (κ2) is 7.61. The van der Waals surface area contributed by atoms with Crippen molar-refractivity contribution in [1.29, 1.82) is 0 Å². The SMILES string of the molecule is COCCOc1ccc(CNCc2ccco2)cc1. The van der Waals surface area contributed by atoms with Crippen LogP contribution in [0.25, 0.3) is 0 Å². The quantitative estimate of drug-likeness (QED) is 0.742. The number of hydrogen-bond donors (Lipinski definition) is 1. The molecule has 0 amide bonds. The van der Waals surface area contributed by atoms with Crippen molar-refractivity contribution in [2.24, 2.45) is 0 Å². The standard InChI is InChI=1S/C15H19NO3/c1-17-9-10-19-14-6-4-13(5-7-14)11-16-12-15-3-2-8-18-15/h2-8,16H,9-12H2,1H3. The van der Waals surface area contributed by atoms with Gasteiger partial charge in [-0.1, -0.05) is 12.1 Å². The fourth-order valence-electron chi connectivity index (χ4n) is 1.69.